The Balaban J connectivity index is 1.93. The molecule has 0 radical (unpaired) electrons. The van der Waals surface area contributed by atoms with Crippen LogP contribution < -0.4 is 5.32 Å². The highest BCUT2D eigenvalue weighted by atomic mass is 79.9. The van der Waals surface area contributed by atoms with Gasteiger partial charge < -0.3 is 15.0 Å². The number of halogens is 2. The lowest BCUT2D eigenvalue weighted by atomic mass is 10.0. The Kier molecular flexibility index (Phi) is 6.96. The molecule has 118 valence electrons. The third-order valence-corrected chi connectivity index (χ3v) is 5.04. The first-order valence-electron chi connectivity index (χ1n) is 7.51. The first kappa shape index (κ1) is 17.2. The van der Waals surface area contributed by atoms with Gasteiger partial charge in [-0.05, 0) is 50.6 Å². The molecule has 1 aromatic carbocycles. The minimum Gasteiger partial charge on any atom is -0.380 e. The summed E-state index contributed by atoms with van der Waals surface area (Å²) >= 11 is 9.82. The van der Waals surface area contributed by atoms with Crippen molar-refractivity contribution in [2.45, 2.75) is 31.4 Å². The van der Waals surface area contributed by atoms with Crippen LogP contribution in [-0.2, 0) is 4.74 Å². The summed E-state index contributed by atoms with van der Waals surface area (Å²) in [6, 6.07) is 6.40. The topological polar surface area (TPSA) is 24.5 Å². The van der Waals surface area contributed by atoms with Gasteiger partial charge in [-0.15, -0.1) is 0 Å². The third-order valence-electron chi connectivity index (χ3n) is 4.22. The van der Waals surface area contributed by atoms with E-state index in [2.05, 4.69) is 32.2 Å². The van der Waals surface area contributed by atoms with Crippen molar-refractivity contribution in [1.29, 1.82) is 0 Å². The van der Waals surface area contributed by atoms with E-state index in [1.165, 1.54) is 24.9 Å². The summed E-state index contributed by atoms with van der Waals surface area (Å²) in [7, 11) is 3.81. The Morgan fingerprint density at radius 3 is 3.00 bits per heavy atom. The molecule has 1 heterocycles. The summed E-state index contributed by atoms with van der Waals surface area (Å²) < 4.78 is 6.51. The van der Waals surface area contributed by atoms with Crippen LogP contribution in [0.4, 0.5) is 0 Å². The highest BCUT2D eigenvalue weighted by Crippen LogP contribution is 2.28. The van der Waals surface area contributed by atoms with E-state index < -0.39 is 0 Å². The fraction of sp³-hybridized carbons (Fsp3) is 0.625. The van der Waals surface area contributed by atoms with Crippen molar-refractivity contribution in [2.24, 2.45) is 0 Å². The number of benzene rings is 1. The molecule has 1 saturated heterocycles. The number of likely N-dealkylation sites (tertiary alicyclic amines) is 1. The predicted molar refractivity (Wildman–Crippen MR) is 92.0 cm³/mol. The maximum absolute atomic E-state index is 6.37. The predicted octanol–water partition coefficient (Wildman–Crippen LogP) is 3.86. The number of hydrogen-bond acceptors (Lipinski definition) is 3. The zero-order valence-electron chi connectivity index (χ0n) is 12.7. The van der Waals surface area contributed by atoms with Gasteiger partial charge in [0.2, 0.25) is 0 Å². The zero-order chi connectivity index (χ0) is 15.2. The van der Waals surface area contributed by atoms with Gasteiger partial charge in [0, 0.05) is 35.7 Å². The number of nitrogens with zero attached hydrogens (tertiary/aromatic N) is 1. The zero-order valence-corrected chi connectivity index (χ0v) is 15.1. The largest absolute Gasteiger partial charge is 0.380 e. The maximum Gasteiger partial charge on any atom is 0.0698 e. The van der Waals surface area contributed by atoms with Gasteiger partial charge in [0.15, 0.2) is 0 Å². The quantitative estimate of drug-likeness (QED) is 0.817. The van der Waals surface area contributed by atoms with E-state index in [0.29, 0.717) is 6.10 Å². The molecule has 0 bridgehead atoms. The Bertz CT molecular complexity index is 458. The lowest BCUT2D eigenvalue weighted by Gasteiger charge is -2.33. The summed E-state index contributed by atoms with van der Waals surface area (Å²) in [5, 5.41) is 4.20. The minimum absolute atomic E-state index is 0.286. The molecule has 0 spiro atoms. The van der Waals surface area contributed by atoms with E-state index in [0.717, 1.165) is 29.0 Å². The van der Waals surface area contributed by atoms with Crippen LogP contribution in [0.25, 0.3) is 0 Å². The second-order valence-electron chi connectivity index (χ2n) is 5.60. The Morgan fingerprint density at radius 1 is 1.52 bits per heavy atom. The molecule has 0 amide bonds. The number of nitrogens with one attached hydrogen (secondary N) is 1. The highest BCUT2D eigenvalue weighted by Gasteiger charge is 2.21. The molecule has 1 N–H and O–H groups in total. The molecular weight excluding hydrogens is 352 g/mol. The normalized spacial score (nSPS) is 21.4. The van der Waals surface area contributed by atoms with Crippen LogP contribution in [0.5, 0.6) is 0 Å². The minimum atomic E-state index is 0.286. The van der Waals surface area contributed by atoms with Crippen molar-refractivity contribution in [3.63, 3.8) is 0 Å². The molecule has 0 aliphatic carbocycles. The number of piperidine rings is 1. The number of methoxy groups -OCH3 is 1. The van der Waals surface area contributed by atoms with Crippen molar-refractivity contribution < 1.29 is 4.74 Å². The molecule has 1 aliphatic rings. The van der Waals surface area contributed by atoms with Crippen LogP contribution in [0.2, 0.25) is 5.02 Å². The van der Waals surface area contributed by atoms with Crippen molar-refractivity contribution in [3.05, 3.63) is 33.3 Å². The molecule has 1 aromatic rings. The van der Waals surface area contributed by atoms with Crippen LogP contribution in [-0.4, -0.2) is 44.8 Å². The number of rotatable bonds is 6. The van der Waals surface area contributed by atoms with Gasteiger partial charge in [0.05, 0.1) is 6.10 Å². The number of hydrogen-bond donors (Lipinski definition) is 1. The fourth-order valence-electron chi connectivity index (χ4n) is 2.96. The van der Waals surface area contributed by atoms with Gasteiger partial charge in [-0.2, -0.15) is 0 Å². The standard InChI is InChI=1S/C16H24BrClN2O/c1-19-16(14-6-5-12(17)10-15(14)18)7-9-20-8-3-4-13(11-20)21-2/h5-6,10,13,16,19H,3-4,7-9,11H2,1-2H3. The van der Waals surface area contributed by atoms with Gasteiger partial charge in [0.1, 0.15) is 0 Å². The van der Waals surface area contributed by atoms with Crippen LogP contribution in [0, 0.1) is 0 Å². The molecule has 0 saturated carbocycles. The van der Waals surface area contributed by atoms with Crippen molar-refractivity contribution in [3.8, 4) is 0 Å². The maximum atomic E-state index is 6.37. The van der Waals surface area contributed by atoms with E-state index in [1.54, 1.807) is 0 Å². The van der Waals surface area contributed by atoms with Crippen LogP contribution in [0.3, 0.4) is 0 Å². The summed E-state index contributed by atoms with van der Waals surface area (Å²) in [5.41, 5.74) is 1.17. The Morgan fingerprint density at radius 2 is 2.33 bits per heavy atom. The average Bonchev–Trinajstić information content (AvgIpc) is 2.49. The van der Waals surface area contributed by atoms with E-state index in [4.69, 9.17) is 16.3 Å². The van der Waals surface area contributed by atoms with Gasteiger partial charge in [-0.3, -0.25) is 0 Å². The lowest BCUT2D eigenvalue weighted by Crippen LogP contribution is -2.40. The summed E-state index contributed by atoms with van der Waals surface area (Å²) in [6.07, 6.45) is 3.85. The molecule has 2 unspecified atom stereocenters. The van der Waals surface area contributed by atoms with Crippen LogP contribution >= 0.6 is 27.5 Å². The van der Waals surface area contributed by atoms with Crippen molar-refractivity contribution in [1.82, 2.24) is 10.2 Å². The molecule has 5 heteroatoms. The Hall–Kier alpha value is -0.130. The van der Waals surface area contributed by atoms with Crippen molar-refractivity contribution >= 4 is 27.5 Å². The fourth-order valence-corrected chi connectivity index (χ4v) is 3.76. The highest BCUT2D eigenvalue weighted by molar-refractivity contribution is 9.10. The summed E-state index contributed by atoms with van der Waals surface area (Å²) in [5.74, 6) is 0. The average molecular weight is 376 g/mol. The molecule has 3 nitrogen and oxygen atoms in total. The summed E-state index contributed by atoms with van der Waals surface area (Å²) in [6.45, 7) is 3.28. The molecular formula is C16H24BrClN2O. The van der Waals surface area contributed by atoms with Crippen LogP contribution in [0.15, 0.2) is 22.7 Å². The third kappa shape index (κ3) is 4.93. The first-order valence-corrected chi connectivity index (χ1v) is 8.68. The van der Waals surface area contributed by atoms with E-state index in [-0.39, 0.29) is 6.04 Å². The molecule has 1 fully saturated rings. The second kappa shape index (κ2) is 8.49. The number of ether oxygens (including phenoxy) is 1. The molecule has 2 rings (SSSR count). The molecule has 2 atom stereocenters. The van der Waals surface area contributed by atoms with Gasteiger partial charge in [-0.1, -0.05) is 33.6 Å². The van der Waals surface area contributed by atoms with Crippen molar-refractivity contribution in [2.75, 3.05) is 33.8 Å². The van der Waals surface area contributed by atoms with Gasteiger partial charge >= 0.3 is 0 Å². The molecule has 1 aliphatic heterocycles. The van der Waals surface area contributed by atoms with Crippen LogP contribution in [0.1, 0.15) is 30.9 Å². The van der Waals surface area contributed by atoms with Gasteiger partial charge in [0.25, 0.3) is 0 Å². The lowest BCUT2D eigenvalue weighted by molar-refractivity contribution is 0.0302. The van der Waals surface area contributed by atoms with Gasteiger partial charge in [-0.25, -0.2) is 0 Å². The van der Waals surface area contributed by atoms with E-state index >= 15 is 0 Å². The Labute approximate surface area is 141 Å². The second-order valence-corrected chi connectivity index (χ2v) is 6.92. The molecule has 21 heavy (non-hydrogen) atoms. The van der Waals surface area contributed by atoms with E-state index in [9.17, 15) is 0 Å². The van der Waals surface area contributed by atoms with E-state index in [1.807, 2.05) is 26.3 Å². The monoisotopic (exact) mass is 374 g/mol. The first-order chi connectivity index (χ1) is 10.1. The molecule has 0 aromatic heterocycles. The summed E-state index contributed by atoms with van der Waals surface area (Å²) in [4.78, 5) is 2.49. The smallest absolute Gasteiger partial charge is 0.0698 e. The SMILES string of the molecule is CNC(CCN1CCCC(OC)C1)c1ccc(Br)cc1Cl.